The number of halogens is 5. The van der Waals surface area contributed by atoms with Gasteiger partial charge >= 0.3 is 10.2 Å². The SMILES string of the molecule is O=C1NC(=O)[C@]2(c3ccc(S(F)(F)(F)(F)F)cc3)C[C@@H]12. The molecule has 0 aromatic heterocycles. The zero-order chi connectivity index (χ0) is 15.0. The van der Waals surface area contributed by atoms with Gasteiger partial charge in [-0.05, 0) is 24.1 Å². The predicted octanol–water partition coefficient (Wildman–Crippen LogP) is 3.26. The molecular formula is C11H8F5NO2S. The number of hydrogen-bond acceptors (Lipinski definition) is 2. The lowest BCUT2D eigenvalue weighted by atomic mass is 9.94. The van der Waals surface area contributed by atoms with Crippen molar-refractivity contribution in [3.05, 3.63) is 29.8 Å². The van der Waals surface area contributed by atoms with Crippen LogP contribution in [0.2, 0.25) is 0 Å². The molecule has 0 bridgehead atoms. The Bertz CT molecular complexity index is 654. The first kappa shape index (κ1) is 13.3. The number of carbonyl (C=O) groups is 2. The number of imide groups is 1. The van der Waals surface area contributed by atoms with Crippen LogP contribution in [0.3, 0.4) is 0 Å². The average molecular weight is 313 g/mol. The van der Waals surface area contributed by atoms with E-state index in [1.54, 1.807) is 0 Å². The standard InChI is InChI=1S/C11H8F5NO2S/c12-20(13,14,15,16)7-3-1-6(2-4-7)11-5-8(11)9(18)17-10(11)19/h1-4,8H,5H2,(H,17,18,19)/t8-,11-/m0/s1. The maximum atomic E-state index is 12.6. The number of amides is 2. The first-order valence-electron chi connectivity index (χ1n) is 5.54. The Morgan fingerprint density at radius 2 is 1.60 bits per heavy atom. The molecule has 1 aliphatic carbocycles. The molecule has 2 atom stereocenters. The Morgan fingerprint density at radius 1 is 1.05 bits per heavy atom. The molecule has 0 spiro atoms. The van der Waals surface area contributed by atoms with Crippen molar-refractivity contribution in [2.24, 2.45) is 5.92 Å². The normalized spacial score (nSPS) is 32.1. The van der Waals surface area contributed by atoms with Crippen LogP contribution in [0, 0.1) is 5.92 Å². The second kappa shape index (κ2) is 2.85. The lowest BCUT2D eigenvalue weighted by Gasteiger charge is -2.40. The van der Waals surface area contributed by atoms with Crippen molar-refractivity contribution < 1.29 is 29.0 Å². The molecule has 0 unspecified atom stereocenters. The van der Waals surface area contributed by atoms with Crippen molar-refractivity contribution in [2.75, 3.05) is 0 Å². The van der Waals surface area contributed by atoms with Gasteiger partial charge in [0.1, 0.15) is 4.90 Å². The summed E-state index contributed by atoms with van der Waals surface area (Å²) < 4.78 is 62.8. The van der Waals surface area contributed by atoms with Gasteiger partial charge < -0.3 is 0 Å². The molecule has 1 aromatic rings. The minimum Gasteiger partial charge on any atom is -0.295 e. The monoisotopic (exact) mass is 313 g/mol. The zero-order valence-corrected chi connectivity index (χ0v) is 10.5. The topological polar surface area (TPSA) is 46.2 Å². The van der Waals surface area contributed by atoms with Gasteiger partial charge in [0, 0.05) is 0 Å². The number of fused-ring (bicyclic) bond motifs is 1. The number of nitrogens with one attached hydrogen (secondary N) is 1. The lowest BCUT2D eigenvalue weighted by Crippen LogP contribution is -2.30. The summed E-state index contributed by atoms with van der Waals surface area (Å²) in [5, 5.41) is 2.07. The Labute approximate surface area is 109 Å². The molecule has 1 N–H and O–H groups in total. The fourth-order valence-corrected chi connectivity index (χ4v) is 3.25. The summed E-state index contributed by atoms with van der Waals surface area (Å²) in [6, 6.07) is 2.20. The van der Waals surface area contributed by atoms with E-state index >= 15 is 0 Å². The first-order valence-corrected chi connectivity index (χ1v) is 7.50. The van der Waals surface area contributed by atoms with Crippen molar-refractivity contribution in [3.8, 4) is 0 Å². The van der Waals surface area contributed by atoms with Crippen LogP contribution in [-0.2, 0) is 15.0 Å². The summed E-state index contributed by atoms with van der Waals surface area (Å²) in [4.78, 5) is 21.0. The summed E-state index contributed by atoms with van der Waals surface area (Å²) in [5.74, 6) is -1.68. The molecule has 1 aromatic carbocycles. The van der Waals surface area contributed by atoms with Crippen molar-refractivity contribution >= 4 is 22.0 Å². The molecule has 1 saturated heterocycles. The van der Waals surface area contributed by atoms with Crippen LogP contribution < -0.4 is 5.32 Å². The van der Waals surface area contributed by atoms with Gasteiger partial charge in [-0.3, -0.25) is 14.9 Å². The third kappa shape index (κ3) is 1.72. The summed E-state index contributed by atoms with van der Waals surface area (Å²) in [7, 11) is -9.71. The van der Waals surface area contributed by atoms with Crippen molar-refractivity contribution in [1.82, 2.24) is 5.32 Å². The number of hydrogen-bond donors (Lipinski definition) is 1. The molecule has 3 nitrogen and oxygen atoms in total. The van der Waals surface area contributed by atoms with Gasteiger partial charge in [-0.1, -0.05) is 31.6 Å². The van der Waals surface area contributed by atoms with Crippen LogP contribution in [0.1, 0.15) is 12.0 Å². The Morgan fingerprint density at radius 3 is 1.95 bits per heavy atom. The molecule has 2 aliphatic rings. The van der Waals surface area contributed by atoms with Crippen LogP contribution in [-0.4, -0.2) is 11.8 Å². The highest BCUT2D eigenvalue weighted by atomic mass is 32.5. The fraction of sp³-hybridized carbons (Fsp3) is 0.273. The van der Waals surface area contributed by atoms with Crippen molar-refractivity contribution in [1.29, 1.82) is 0 Å². The zero-order valence-electron chi connectivity index (χ0n) is 9.71. The largest absolute Gasteiger partial charge is 0.310 e. The third-order valence-corrected chi connectivity index (χ3v) is 4.90. The van der Waals surface area contributed by atoms with Crippen LogP contribution in [0.15, 0.2) is 29.2 Å². The number of rotatable bonds is 2. The van der Waals surface area contributed by atoms with Crippen molar-refractivity contribution in [2.45, 2.75) is 16.7 Å². The van der Waals surface area contributed by atoms with Crippen LogP contribution in [0.25, 0.3) is 0 Å². The third-order valence-electron chi connectivity index (χ3n) is 3.73. The fourth-order valence-electron chi connectivity index (χ4n) is 2.60. The van der Waals surface area contributed by atoms with Gasteiger partial charge in [-0.15, -0.1) is 0 Å². The van der Waals surface area contributed by atoms with E-state index in [1.165, 1.54) is 0 Å². The first-order chi connectivity index (χ1) is 8.84. The maximum Gasteiger partial charge on any atom is 0.310 e. The van der Waals surface area contributed by atoms with Gasteiger partial charge in [0.05, 0.1) is 11.3 Å². The van der Waals surface area contributed by atoms with Crippen LogP contribution in [0.5, 0.6) is 0 Å². The molecular weight excluding hydrogens is 305 g/mol. The summed E-state index contributed by atoms with van der Waals surface area (Å²) >= 11 is 0. The highest BCUT2D eigenvalue weighted by Crippen LogP contribution is 3.02. The molecule has 1 heterocycles. The highest BCUT2D eigenvalue weighted by Gasteiger charge is 2.70. The molecule has 1 saturated carbocycles. The summed E-state index contributed by atoms with van der Waals surface area (Å²) in [5.41, 5.74) is -1.02. The van der Waals surface area contributed by atoms with E-state index in [4.69, 9.17) is 0 Å². The second-order valence-corrected chi connectivity index (χ2v) is 7.45. The second-order valence-electron chi connectivity index (χ2n) is 5.04. The van der Waals surface area contributed by atoms with E-state index in [1.807, 2.05) is 0 Å². The van der Waals surface area contributed by atoms with Crippen LogP contribution >= 0.6 is 10.2 Å². The van der Waals surface area contributed by atoms with E-state index in [0.29, 0.717) is 0 Å². The molecule has 2 amide bonds. The van der Waals surface area contributed by atoms with E-state index in [-0.39, 0.29) is 24.1 Å². The van der Waals surface area contributed by atoms with Crippen molar-refractivity contribution in [3.63, 3.8) is 0 Å². The smallest absolute Gasteiger partial charge is 0.295 e. The Hall–Kier alpha value is -1.64. The summed E-state index contributed by atoms with van der Waals surface area (Å²) in [6.07, 6.45) is 0.202. The molecule has 2 fully saturated rings. The van der Waals surface area contributed by atoms with E-state index in [0.717, 1.165) is 12.1 Å². The minimum atomic E-state index is -9.71. The molecule has 20 heavy (non-hydrogen) atoms. The van der Waals surface area contributed by atoms with E-state index in [9.17, 15) is 29.0 Å². The molecule has 0 radical (unpaired) electrons. The van der Waals surface area contributed by atoms with Gasteiger partial charge in [-0.25, -0.2) is 0 Å². The quantitative estimate of drug-likeness (QED) is 0.673. The summed E-state index contributed by atoms with van der Waals surface area (Å²) in [6.45, 7) is 0. The van der Waals surface area contributed by atoms with Gasteiger partial charge in [-0.2, -0.15) is 0 Å². The molecule has 110 valence electrons. The van der Waals surface area contributed by atoms with E-state index in [2.05, 4.69) is 5.32 Å². The lowest BCUT2D eigenvalue weighted by molar-refractivity contribution is -0.127. The Balaban J connectivity index is 2.02. The molecule has 1 aliphatic heterocycles. The minimum absolute atomic E-state index is 0.149. The van der Waals surface area contributed by atoms with Gasteiger partial charge in [0.25, 0.3) is 0 Å². The number of carbonyl (C=O) groups excluding carboxylic acids is 2. The van der Waals surface area contributed by atoms with Gasteiger partial charge in [0.15, 0.2) is 0 Å². The van der Waals surface area contributed by atoms with E-state index < -0.39 is 38.3 Å². The number of piperidine rings is 1. The maximum absolute atomic E-state index is 12.6. The molecule has 9 heteroatoms. The predicted molar refractivity (Wildman–Crippen MR) is 60.8 cm³/mol. The average Bonchev–Trinajstić information content (AvgIpc) is 2.97. The highest BCUT2D eigenvalue weighted by molar-refractivity contribution is 8.45. The van der Waals surface area contributed by atoms with Crippen LogP contribution in [0.4, 0.5) is 19.4 Å². The number of benzene rings is 1. The Kier molecular flexibility index (Phi) is 1.90. The van der Waals surface area contributed by atoms with Gasteiger partial charge in [0.2, 0.25) is 11.8 Å². The molecule has 3 rings (SSSR count).